The summed E-state index contributed by atoms with van der Waals surface area (Å²) in [6.07, 6.45) is 4.31. The molecule has 1 aliphatic heterocycles. The number of nitrogens with zero attached hydrogens (tertiary/aromatic N) is 2. The Bertz CT molecular complexity index is 1370. The molecule has 1 fully saturated rings. The number of carbonyl (C=O) groups excluding carboxylic acids is 1. The van der Waals surface area contributed by atoms with E-state index < -0.39 is 0 Å². The summed E-state index contributed by atoms with van der Waals surface area (Å²) in [5.74, 6) is 0.548. The third kappa shape index (κ3) is 5.46. The van der Waals surface area contributed by atoms with E-state index in [0.29, 0.717) is 16.0 Å². The molecule has 0 atom stereocenters. The molecule has 36 heavy (non-hydrogen) atoms. The summed E-state index contributed by atoms with van der Waals surface area (Å²) < 4.78 is 2.15. The Kier molecular flexibility index (Phi) is 7.38. The van der Waals surface area contributed by atoms with Crippen LogP contribution in [0.5, 0.6) is 0 Å². The van der Waals surface area contributed by atoms with Gasteiger partial charge in [-0.25, -0.2) is 0 Å². The lowest BCUT2D eigenvalue weighted by Crippen LogP contribution is -2.32. The number of likely N-dealkylation sites (tertiary alicyclic amines) is 1. The molecule has 6 heteroatoms. The topological polar surface area (TPSA) is 37.3 Å². The SMILES string of the molecule is CC(C)C(=O)Nc1cccc(C2CCN(Cc3cccc4c3ccn4-c3cc(Cl)cc(Cl)c3)CC2)c1. The van der Waals surface area contributed by atoms with Crippen LogP contribution in [0.2, 0.25) is 10.0 Å². The number of aromatic nitrogens is 1. The molecule has 0 saturated carbocycles. The highest BCUT2D eigenvalue weighted by atomic mass is 35.5. The first-order valence-corrected chi connectivity index (χ1v) is 13.3. The van der Waals surface area contributed by atoms with Gasteiger partial charge < -0.3 is 9.88 Å². The van der Waals surface area contributed by atoms with Crippen LogP contribution in [-0.2, 0) is 11.3 Å². The van der Waals surface area contributed by atoms with Crippen molar-refractivity contribution >= 4 is 45.7 Å². The van der Waals surface area contributed by atoms with Crippen molar-refractivity contribution in [3.63, 3.8) is 0 Å². The minimum Gasteiger partial charge on any atom is -0.326 e. The molecule has 0 bridgehead atoms. The molecule has 0 radical (unpaired) electrons. The van der Waals surface area contributed by atoms with Crippen LogP contribution in [-0.4, -0.2) is 28.5 Å². The van der Waals surface area contributed by atoms with Crippen molar-refractivity contribution in [2.45, 2.75) is 39.2 Å². The Morgan fingerprint density at radius 3 is 2.42 bits per heavy atom. The summed E-state index contributed by atoms with van der Waals surface area (Å²) in [6, 6.07) is 22.7. The highest BCUT2D eigenvalue weighted by molar-refractivity contribution is 6.34. The van der Waals surface area contributed by atoms with E-state index in [0.717, 1.165) is 49.4 Å². The number of benzene rings is 3. The average molecular weight is 521 g/mol. The molecular weight excluding hydrogens is 489 g/mol. The molecule has 1 N–H and O–H groups in total. The standard InChI is InChI=1S/C30H31Cl2N3O/c1-20(2)30(36)33-26-7-3-5-22(15-26)21-9-12-34(13-10-21)19-23-6-4-8-29-28(23)11-14-35(29)27-17-24(31)16-25(32)18-27/h3-8,11,14-18,20-21H,9-10,12-13,19H2,1-2H3,(H,33,36). The van der Waals surface area contributed by atoms with E-state index in [2.05, 4.69) is 63.4 Å². The van der Waals surface area contributed by atoms with E-state index in [4.69, 9.17) is 23.2 Å². The fraction of sp³-hybridized carbons (Fsp3) is 0.300. The van der Waals surface area contributed by atoms with Crippen LogP contribution in [0.4, 0.5) is 5.69 Å². The maximum absolute atomic E-state index is 12.1. The molecule has 2 heterocycles. The lowest BCUT2D eigenvalue weighted by Gasteiger charge is -2.32. The Morgan fingerprint density at radius 1 is 0.972 bits per heavy atom. The van der Waals surface area contributed by atoms with Gasteiger partial charge in [0, 0.05) is 45.5 Å². The maximum atomic E-state index is 12.1. The monoisotopic (exact) mass is 519 g/mol. The largest absolute Gasteiger partial charge is 0.326 e. The molecule has 4 nitrogen and oxygen atoms in total. The summed E-state index contributed by atoms with van der Waals surface area (Å²) in [5.41, 5.74) is 5.66. The summed E-state index contributed by atoms with van der Waals surface area (Å²) in [4.78, 5) is 14.6. The van der Waals surface area contributed by atoms with Gasteiger partial charge in [-0.1, -0.05) is 61.3 Å². The van der Waals surface area contributed by atoms with Crippen molar-refractivity contribution in [1.29, 1.82) is 0 Å². The molecule has 1 amide bonds. The van der Waals surface area contributed by atoms with Gasteiger partial charge in [0.05, 0.1) is 5.52 Å². The summed E-state index contributed by atoms with van der Waals surface area (Å²) >= 11 is 12.5. The van der Waals surface area contributed by atoms with Crippen LogP contribution in [0.25, 0.3) is 16.6 Å². The van der Waals surface area contributed by atoms with E-state index in [1.807, 2.05) is 32.0 Å². The molecular formula is C30H31Cl2N3O. The third-order valence-corrected chi connectivity index (χ3v) is 7.52. The predicted molar refractivity (Wildman–Crippen MR) is 150 cm³/mol. The van der Waals surface area contributed by atoms with Gasteiger partial charge in [0.25, 0.3) is 0 Å². The Balaban J connectivity index is 1.27. The van der Waals surface area contributed by atoms with E-state index >= 15 is 0 Å². The van der Waals surface area contributed by atoms with Crippen molar-refractivity contribution in [2.24, 2.45) is 5.92 Å². The first-order valence-electron chi connectivity index (χ1n) is 12.6. The number of amides is 1. The number of hydrogen-bond acceptors (Lipinski definition) is 2. The first-order chi connectivity index (χ1) is 17.4. The number of anilines is 1. The van der Waals surface area contributed by atoms with Crippen molar-refractivity contribution in [1.82, 2.24) is 9.47 Å². The molecule has 1 aliphatic rings. The minimum atomic E-state index is -0.0263. The first kappa shape index (κ1) is 24.9. The number of hydrogen-bond donors (Lipinski definition) is 1. The molecule has 186 valence electrons. The van der Waals surface area contributed by atoms with E-state index in [1.165, 1.54) is 16.5 Å². The fourth-order valence-corrected chi connectivity index (χ4v) is 5.61. The van der Waals surface area contributed by atoms with Gasteiger partial charge in [-0.2, -0.15) is 0 Å². The van der Waals surface area contributed by atoms with Gasteiger partial charge in [0.1, 0.15) is 0 Å². The Labute approximate surface area is 222 Å². The Hall–Kier alpha value is -2.79. The van der Waals surface area contributed by atoms with Crippen LogP contribution in [0.1, 0.15) is 43.7 Å². The normalized spacial score (nSPS) is 15.0. The quantitative estimate of drug-likeness (QED) is 0.281. The smallest absolute Gasteiger partial charge is 0.226 e. The molecule has 3 aromatic carbocycles. The molecule has 0 spiro atoms. The number of rotatable bonds is 6. The van der Waals surface area contributed by atoms with Gasteiger partial charge in [-0.3, -0.25) is 9.69 Å². The number of nitrogens with one attached hydrogen (secondary N) is 1. The van der Waals surface area contributed by atoms with E-state index in [-0.39, 0.29) is 11.8 Å². The zero-order chi connectivity index (χ0) is 25.2. The van der Waals surface area contributed by atoms with Gasteiger partial charge in [-0.05, 0) is 85.4 Å². The van der Waals surface area contributed by atoms with Crippen LogP contribution >= 0.6 is 23.2 Å². The highest BCUT2D eigenvalue weighted by Crippen LogP contribution is 2.32. The second-order valence-corrected chi connectivity index (χ2v) is 10.9. The van der Waals surface area contributed by atoms with Crippen LogP contribution in [0.15, 0.2) is 72.9 Å². The maximum Gasteiger partial charge on any atom is 0.226 e. The molecule has 0 aliphatic carbocycles. The number of fused-ring (bicyclic) bond motifs is 1. The minimum absolute atomic E-state index is 0.0263. The zero-order valence-electron chi connectivity index (χ0n) is 20.7. The van der Waals surface area contributed by atoms with Crippen molar-refractivity contribution in [3.8, 4) is 5.69 Å². The molecule has 4 aromatic rings. The summed E-state index contributed by atoms with van der Waals surface area (Å²) in [6.45, 7) is 6.85. The lowest BCUT2D eigenvalue weighted by atomic mass is 9.89. The third-order valence-electron chi connectivity index (χ3n) is 7.08. The van der Waals surface area contributed by atoms with Gasteiger partial charge in [-0.15, -0.1) is 0 Å². The second kappa shape index (κ2) is 10.7. The lowest BCUT2D eigenvalue weighted by molar-refractivity contribution is -0.118. The zero-order valence-corrected chi connectivity index (χ0v) is 22.2. The van der Waals surface area contributed by atoms with Gasteiger partial charge in [0.15, 0.2) is 0 Å². The van der Waals surface area contributed by atoms with E-state index in [9.17, 15) is 4.79 Å². The fourth-order valence-electron chi connectivity index (χ4n) is 5.09. The van der Waals surface area contributed by atoms with Gasteiger partial charge >= 0.3 is 0 Å². The average Bonchev–Trinajstić information content (AvgIpc) is 3.29. The van der Waals surface area contributed by atoms with Crippen molar-refractivity contribution in [2.75, 3.05) is 18.4 Å². The number of halogens is 2. The number of piperidine rings is 1. The van der Waals surface area contributed by atoms with Crippen molar-refractivity contribution < 1.29 is 4.79 Å². The van der Waals surface area contributed by atoms with Gasteiger partial charge in [0.2, 0.25) is 5.91 Å². The predicted octanol–water partition coefficient (Wildman–Crippen LogP) is 7.91. The molecule has 1 aromatic heterocycles. The van der Waals surface area contributed by atoms with Crippen molar-refractivity contribution in [3.05, 3.63) is 94.1 Å². The molecule has 0 unspecified atom stereocenters. The van der Waals surface area contributed by atoms with E-state index in [1.54, 1.807) is 6.07 Å². The summed E-state index contributed by atoms with van der Waals surface area (Å²) in [7, 11) is 0. The second-order valence-electron chi connectivity index (χ2n) is 9.98. The molecule has 5 rings (SSSR count). The van der Waals surface area contributed by atoms with Crippen LogP contribution in [0.3, 0.4) is 0 Å². The van der Waals surface area contributed by atoms with Crippen LogP contribution < -0.4 is 5.32 Å². The Morgan fingerprint density at radius 2 is 1.69 bits per heavy atom. The molecule has 1 saturated heterocycles. The number of carbonyl (C=O) groups is 1. The van der Waals surface area contributed by atoms with Crippen LogP contribution in [0, 0.1) is 5.92 Å². The summed E-state index contributed by atoms with van der Waals surface area (Å²) in [5, 5.41) is 5.55. The highest BCUT2D eigenvalue weighted by Gasteiger charge is 2.22.